The molecule has 0 saturated heterocycles. The van der Waals surface area contributed by atoms with Crippen LogP contribution in [-0.4, -0.2) is 41.0 Å². The van der Waals surface area contributed by atoms with Crippen LogP contribution in [0.15, 0.2) is 48.8 Å². The molecule has 0 aliphatic carbocycles. The molecular weight excluding hydrogens is 350 g/mol. The minimum Gasteiger partial charge on any atom is -0.325 e. The second kappa shape index (κ2) is 7.67. The first-order valence-electron chi connectivity index (χ1n) is 8.40. The van der Waals surface area contributed by atoms with Gasteiger partial charge in [-0.25, -0.2) is 13.8 Å². The number of carbonyl (C=O) groups excluding carboxylic acids is 1. The van der Waals surface area contributed by atoms with E-state index in [2.05, 4.69) is 10.3 Å². The van der Waals surface area contributed by atoms with Crippen molar-refractivity contribution in [3.63, 3.8) is 0 Å². The number of halogens is 2. The van der Waals surface area contributed by atoms with Crippen molar-refractivity contribution in [3.05, 3.63) is 66.0 Å². The molecule has 1 amide bonds. The molecule has 140 valence electrons. The number of carbonyl (C=O) groups is 1. The number of rotatable bonds is 5. The third kappa shape index (κ3) is 4.03. The lowest BCUT2D eigenvalue weighted by atomic mass is 10.1. The molecule has 5 nitrogen and oxygen atoms in total. The van der Waals surface area contributed by atoms with E-state index in [0.717, 1.165) is 17.3 Å². The van der Waals surface area contributed by atoms with Gasteiger partial charge in [0.05, 0.1) is 12.1 Å². The first-order valence-corrected chi connectivity index (χ1v) is 8.40. The third-order valence-electron chi connectivity index (χ3n) is 4.06. The zero-order valence-corrected chi connectivity index (χ0v) is 15.3. The van der Waals surface area contributed by atoms with E-state index in [0.29, 0.717) is 11.5 Å². The van der Waals surface area contributed by atoms with Crippen molar-refractivity contribution in [2.45, 2.75) is 6.92 Å². The molecule has 3 aromatic rings. The summed E-state index contributed by atoms with van der Waals surface area (Å²) in [5.74, 6) is -1.66. The van der Waals surface area contributed by atoms with E-state index in [1.807, 2.05) is 27.1 Å². The van der Waals surface area contributed by atoms with Gasteiger partial charge in [0.15, 0.2) is 11.6 Å². The van der Waals surface area contributed by atoms with Crippen molar-refractivity contribution in [3.8, 4) is 17.1 Å². The molecule has 0 bridgehead atoms. The van der Waals surface area contributed by atoms with E-state index in [-0.39, 0.29) is 18.0 Å². The Morgan fingerprint density at radius 3 is 2.70 bits per heavy atom. The van der Waals surface area contributed by atoms with Crippen molar-refractivity contribution in [1.82, 2.24) is 14.5 Å². The van der Waals surface area contributed by atoms with Crippen molar-refractivity contribution in [1.29, 1.82) is 0 Å². The van der Waals surface area contributed by atoms with Gasteiger partial charge in [0.2, 0.25) is 5.91 Å². The van der Waals surface area contributed by atoms with E-state index < -0.39 is 11.6 Å². The second-order valence-corrected chi connectivity index (χ2v) is 6.51. The zero-order chi connectivity index (χ0) is 19.6. The fourth-order valence-electron chi connectivity index (χ4n) is 2.80. The molecule has 3 rings (SSSR count). The molecule has 0 aliphatic heterocycles. The lowest BCUT2D eigenvalue weighted by Crippen LogP contribution is -2.27. The van der Waals surface area contributed by atoms with Crippen LogP contribution in [0.2, 0.25) is 0 Å². The molecular formula is C20H20F2N4O. The van der Waals surface area contributed by atoms with Crippen molar-refractivity contribution < 1.29 is 13.6 Å². The van der Waals surface area contributed by atoms with Gasteiger partial charge in [-0.1, -0.05) is 6.07 Å². The maximum Gasteiger partial charge on any atom is 0.238 e. The summed E-state index contributed by atoms with van der Waals surface area (Å²) in [6.45, 7) is 2.15. The lowest BCUT2D eigenvalue weighted by Gasteiger charge is -2.14. The first-order chi connectivity index (χ1) is 12.9. The van der Waals surface area contributed by atoms with Crippen LogP contribution < -0.4 is 5.32 Å². The Morgan fingerprint density at radius 2 is 2.00 bits per heavy atom. The van der Waals surface area contributed by atoms with Gasteiger partial charge < -0.3 is 10.2 Å². The fraction of sp³-hybridized carbons (Fsp3) is 0.200. The molecule has 0 unspecified atom stereocenters. The monoisotopic (exact) mass is 370 g/mol. The molecule has 0 saturated carbocycles. The van der Waals surface area contributed by atoms with Crippen LogP contribution in [0, 0.1) is 18.6 Å². The summed E-state index contributed by atoms with van der Waals surface area (Å²) in [4.78, 5) is 17.9. The number of imidazole rings is 1. The van der Waals surface area contributed by atoms with Gasteiger partial charge in [-0.15, -0.1) is 0 Å². The topological polar surface area (TPSA) is 50.2 Å². The Bertz CT molecular complexity index is 982. The standard InChI is InChI=1S/C20H20F2N4O/c1-13-11-14(7-8-17(13)24-18(27)12-25(2)3)26-10-9-23-20(26)15-5-4-6-16(21)19(15)22/h4-11H,12H2,1-3H3,(H,24,27). The molecule has 0 spiro atoms. The summed E-state index contributed by atoms with van der Waals surface area (Å²) < 4.78 is 29.4. The Labute approximate surface area is 156 Å². The van der Waals surface area contributed by atoms with E-state index in [4.69, 9.17) is 0 Å². The number of benzene rings is 2. The summed E-state index contributed by atoms with van der Waals surface area (Å²) in [5, 5.41) is 2.86. The summed E-state index contributed by atoms with van der Waals surface area (Å²) >= 11 is 0. The van der Waals surface area contributed by atoms with Gasteiger partial charge in [0.25, 0.3) is 0 Å². The fourth-order valence-corrected chi connectivity index (χ4v) is 2.80. The van der Waals surface area contributed by atoms with Gasteiger partial charge in [0.1, 0.15) is 5.82 Å². The highest BCUT2D eigenvalue weighted by atomic mass is 19.2. The van der Waals surface area contributed by atoms with E-state index in [1.54, 1.807) is 27.8 Å². The number of anilines is 1. The average Bonchev–Trinajstić information content (AvgIpc) is 3.08. The van der Waals surface area contributed by atoms with Crippen molar-refractivity contribution in [2.75, 3.05) is 26.0 Å². The largest absolute Gasteiger partial charge is 0.325 e. The Kier molecular flexibility index (Phi) is 5.32. The van der Waals surface area contributed by atoms with Gasteiger partial charge >= 0.3 is 0 Å². The van der Waals surface area contributed by atoms with Gasteiger partial charge in [0, 0.05) is 23.8 Å². The second-order valence-electron chi connectivity index (χ2n) is 6.51. The SMILES string of the molecule is Cc1cc(-n2ccnc2-c2cccc(F)c2F)ccc1NC(=O)CN(C)C. The number of nitrogens with zero attached hydrogens (tertiary/aromatic N) is 3. The van der Waals surface area contributed by atoms with Crippen LogP contribution in [0.4, 0.5) is 14.5 Å². The number of aryl methyl sites for hydroxylation is 1. The van der Waals surface area contributed by atoms with Gasteiger partial charge in [-0.2, -0.15) is 0 Å². The van der Waals surface area contributed by atoms with Crippen LogP contribution in [0.3, 0.4) is 0 Å². The normalized spacial score (nSPS) is 11.0. The Balaban J connectivity index is 1.93. The van der Waals surface area contributed by atoms with Crippen molar-refractivity contribution in [2.24, 2.45) is 0 Å². The van der Waals surface area contributed by atoms with E-state index >= 15 is 0 Å². The predicted molar refractivity (Wildman–Crippen MR) is 101 cm³/mol. The van der Waals surface area contributed by atoms with Crippen LogP contribution in [-0.2, 0) is 4.79 Å². The summed E-state index contributed by atoms with van der Waals surface area (Å²) in [6, 6.07) is 9.43. The molecule has 0 fully saturated rings. The zero-order valence-electron chi connectivity index (χ0n) is 15.3. The Morgan fingerprint density at radius 1 is 1.22 bits per heavy atom. The smallest absolute Gasteiger partial charge is 0.238 e. The van der Waals surface area contributed by atoms with E-state index in [9.17, 15) is 13.6 Å². The number of hydrogen-bond acceptors (Lipinski definition) is 3. The van der Waals surface area contributed by atoms with Crippen LogP contribution in [0.5, 0.6) is 0 Å². The highest BCUT2D eigenvalue weighted by Crippen LogP contribution is 2.27. The Hall–Kier alpha value is -3.06. The first kappa shape index (κ1) is 18.7. The molecule has 1 heterocycles. The number of nitrogens with one attached hydrogen (secondary N) is 1. The van der Waals surface area contributed by atoms with Crippen molar-refractivity contribution >= 4 is 11.6 Å². The maximum absolute atomic E-state index is 14.2. The molecule has 7 heteroatoms. The van der Waals surface area contributed by atoms with Gasteiger partial charge in [-0.3, -0.25) is 9.36 Å². The highest BCUT2D eigenvalue weighted by Gasteiger charge is 2.16. The summed E-state index contributed by atoms with van der Waals surface area (Å²) in [5.41, 5.74) is 2.36. The third-order valence-corrected chi connectivity index (χ3v) is 4.06. The minimum atomic E-state index is -0.936. The van der Waals surface area contributed by atoms with Crippen LogP contribution in [0.1, 0.15) is 5.56 Å². The molecule has 27 heavy (non-hydrogen) atoms. The minimum absolute atomic E-state index is 0.0843. The number of amides is 1. The average molecular weight is 370 g/mol. The summed E-state index contributed by atoms with van der Waals surface area (Å²) in [7, 11) is 3.64. The highest BCUT2D eigenvalue weighted by molar-refractivity contribution is 5.93. The number of aromatic nitrogens is 2. The molecule has 1 N–H and O–H groups in total. The van der Waals surface area contributed by atoms with Gasteiger partial charge in [-0.05, 0) is 56.9 Å². The quantitative estimate of drug-likeness (QED) is 0.746. The molecule has 0 radical (unpaired) electrons. The summed E-state index contributed by atoms with van der Waals surface area (Å²) in [6.07, 6.45) is 3.21. The number of hydrogen-bond donors (Lipinski definition) is 1. The maximum atomic E-state index is 14.2. The van der Waals surface area contributed by atoms with Crippen LogP contribution in [0.25, 0.3) is 17.1 Å². The molecule has 0 aliphatic rings. The lowest BCUT2D eigenvalue weighted by molar-refractivity contribution is -0.116. The molecule has 2 aromatic carbocycles. The molecule has 1 aromatic heterocycles. The predicted octanol–water partition coefficient (Wildman–Crippen LogP) is 3.63. The van der Waals surface area contributed by atoms with Crippen LogP contribution >= 0.6 is 0 Å². The number of likely N-dealkylation sites (N-methyl/N-ethyl adjacent to an activating group) is 1. The van der Waals surface area contributed by atoms with E-state index in [1.165, 1.54) is 18.3 Å². The molecule has 0 atom stereocenters.